The maximum atomic E-state index is 13.0. The number of nitrogens with zero attached hydrogens (tertiary/aromatic N) is 3. The largest absolute Gasteiger partial charge is 0.462 e. The predicted molar refractivity (Wildman–Crippen MR) is 114 cm³/mol. The molecule has 0 saturated heterocycles. The van der Waals surface area contributed by atoms with Crippen LogP contribution in [0.2, 0.25) is 0 Å². The van der Waals surface area contributed by atoms with Crippen LogP contribution in [0, 0.1) is 6.92 Å². The molecule has 1 N–H and O–H groups in total. The Kier molecular flexibility index (Phi) is 6.98. The van der Waals surface area contributed by atoms with Gasteiger partial charge in [0.15, 0.2) is 5.65 Å². The van der Waals surface area contributed by atoms with Gasteiger partial charge in [0.1, 0.15) is 22.0 Å². The molecule has 10 nitrogen and oxygen atoms in total. The van der Waals surface area contributed by atoms with Gasteiger partial charge < -0.3 is 24.1 Å². The number of hydrogen-bond acceptors (Lipinski definition) is 9. The summed E-state index contributed by atoms with van der Waals surface area (Å²) in [6.07, 6.45) is 3.06. The number of thiophene rings is 1. The fourth-order valence-electron chi connectivity index (χ4n) is 2.91. The molecule has 0 saturated carbocycles. The average Bonchev–Trinajstić information content (AvgIpc) is 3.28. The molecule has 0 aromatic carbocycles. The molecular weight excluding hydrogens is 424 g/mol. The quantitative estimate of drug-likeness (QED) is 0.414. The molecule has 0 aliphatic carbocycles. The third kappa shape index (κ3) is 4.57. The van der Waals surface area contributed by atoms with Crippen molar-refractivity contribution in [1.82, 2.24) is 14.5 Å². The summed E-state index contributed by atoms with van der Waals surface area (Å²) in [5, 5.41) is 2.92. The molecule has 0 atom stereocenters. The minimum Gasteiger partial charge on any atom is -0.462 e. The molecule has 3 rings (SSSR count). The molecule has 0 radical (unpaired) electrons. The molecular formula is C20H22N4O6S. The van der Waals surface area contributed by atoms with E-state index < -0.39 is 17.8 Å². The minimum atomic E-state index is -0.639. The highest BCUT2D eigenvalue weighted by Gasteiger charge is 2.28. The molecule has 0 spiro atoms. The average molecular weight is 446 g/mol. The van der Waals surface area contributed by atoms with Crippen LogP contribution in [0.4, 0.5) is 5.00 Å². The van der Waals surface area contributed by atoms with E-state index >= 15 is 0 Å². The second-order valence-electron chi connectivity index (χ2n) is 6.45. The van der Waals surface area contributed by atoms with Crippen molar-refractivity contribution >= 4 is 45.3 Å². The third-order valence-electron chi connectivity index (χ3n) is 4.40. The number of amides is 1. The molecule has 3 aromatic rings. The number of rotatable bonds is 8. The zero-order chi connectivity index (χ0) is 22.5. The van der Waals surface area contributed by atoms with Crippen molar-refractivity contribution in [2.45, 2.75) is 13.8 Å². The fraction of sp³-hybridized carbons (Fsp3) is 0.350. The van der Waals surface area contributed by atoms with Crippen LogP contribution < -0.4 is 5.32 Å². The number of esters is 2. The standard InChI is InChI=1S/C20H22N4O6S/c1-5-29-19(26)13-11(2)15(20(27)30-9-8-28-4)31-18(13)23-17(25)12-6-7-21-16-14(12)22-10-24(16)3/h6-7,10H,5,8-9H2,1-4H3,(H,23,25). The number of nitrogens with one attached hydrogen (secondary N) is 1. The lowest BCUT2D eigenvalue weighted by Crippen LogP contribution is -2.15. The van der Waals surface area contributed by atoms with Gasteiger partial charge in [-0.3, -0.25) is 4.79 Å². The van der Waals surface area contributed by atoms with E-state index in [4.69, 9.17) is 14.2 Å². The van der Waals surface area contributed by atoms with Crippen molar-refractivity contribution in [3.63, 3.8) is 0 Å². The molecule has 0 aliphatic heterocycles. The van der Waals surface area contributed by atoms with E-state index in [1.54, 1.807) is 31.8 Å². The molecule has 11 heteroatoms. The first-order chi connectivity index (χ1) is 14.9. The highest BCUT2D eigenvalue weighted by atomic mass is 32.1. The highest BCUT2D eigenvalue weighted by Crippen LogP contribution is 2.35. The van der Waals surface area contributed by atoms with Crippen LogP contribution in [0.25, 0.3) is 11.2 Å². The topological polar surface area (TPSA) is 122 Å². The van der Waals surface area contributed by atoms with Gasteiger partial charge in [-0.25, -0.2) is 19.6 Å². The van der Waals surface area contributed by atoms with Crippen molar-refractivity contribution in [1.29, 1.82) is 0 Å². The van der Waals surface area contributed by atoms with E-state index in [1.807, 2.05) is 0 Å². The summed E-state index contributed by atoms with van der Waals surface area (Å²) in [4.78, 5) is 46.7. The number of carbonyl (C=O) groups is 3. The lowest BCUT2D eigenvalue weighted by Gasteiger charge is -2.07. The Balaban J connectivity index is 1.96. The van der Waals surface area contributed by atoms with Gasteiger partial charge in [-0.1, -0.05) is 0 Å². The normalized spacial score (nSPS) is 10.8. The van der Waals surface area contributed by atoms with Crippen LogP contribution in [0.3, 0.4) is 0 Å². The maximum absolute atomic E-state index is 13.0. The van der Waals surface area contributed by atoms with Gasteiger partial charge in [-0.05, 0) is 25.5 Å². The van der Waals surface area contributed by atoms with Gasteiger partial charge in [0.05, 0.1) is 30.7 Å². The van der Waals surface area contributed by atoms with Crippen molar-refractivity contribution in [3.8, 4) is 0 Å². The Bertz CT molecular complexity index is 1140. The Morgan fingerprint density at radius 2 is 1.94 bits per heavy atom. The number of imidazole rings is 1. The van der Waals surface area contributed by atoms with Gasteiger partial charge in [0, 0.05) is 20.4 Å². The number of methoxy groups -OCH3 is 1. The van der Waals surface area contributed by atoms with Crippen LogP contribution in [-0.2, 0) is 21.3 Å². The first-order valence-electron chi connectivity index (χ1n) is 9.42. The molecule has 164 valence electrons. The van der Waals surface area contributed by atoms with Gasteiger partial charge in [0.25, 0.3) is 5.91 Å². The van der Waals surface area contributed by atoms with Crippen molar-refractivity contribution in [3.05, 3.63) is 40.2 Å². The Labute approximate surface area is 182 Å². The highest BCUT2D eigenvalue weighted by molar-refractivity contribution is 7.18. The Morgan fingerprint density at radius 3 is 2.65 bits per heavy atom. The lowest BCUT2D eigenvalue weighted by molar-refractivity contribution is 0.0392. The van der Waals surface area contributed by atoms with E-state index in [2.05, 4.69) is 15.3 Å². The summed E-state index contributed by atoms with van der Waals surface area (Å²) in [6, 6.07) is 1.54. The second kappa shape index (κ2) is 9.67. The molecule has 0 unspecified atom stereocenters. The second-order valence-corrected chi connectivity index (χ2v) is 7.47. The summed E-state index contributed by atoms with van der Waals surface area (Å²) in [6.45, 7) is 3.74. The minimum absolute atomic E-state index is 0.0672. The van der Waals surface area contributed by atoms with Gasteiger partial charge in [-0.2, -0.15) is 0 Å². The number of fused-ring (bicyclic) bond motifs is 1. The van der Waals surface area contributed by atoms with Gasteiger partial charge in [0.2, 0.25) is 0 Å². The SMILES string of the molecule is CCOC(=O)c1c(NC(=O)c2ccnc3c2ncn3C)sc(C(=O)OCCOC)c1C. The first kappa shape index (κ1) is 22.4. The monoisotopic (exact) mass is 446 g/mol. The number of carbonyl (C=O) groups excluding carboxylic acids is 3. The lowest BCUT2D eigenvalue weighted by atomic mass is 10.1. The number of aryl methyl sites for hydroxylation is 1. The maximum Gasteiger partial charge on any atom is 0.348 e. The van der Waals surface area contributed by atoms with E-state index in [1.165, 1.54) is 19.4 Å². The van der Waals surface area contributed by atoms with Crippen LogP contribution in [0.1, 0.15) is 42.9 Å². The Hall–Kier alpha value is -3.31. The van der Waals surface area contributed by atoms with Crippen molar-refractivity contribution < 1.29 is 28.6 Å². The smallest absolute Gasteiger partial charge is 0.348 e. The molecule has 3 aromatic heterocycles. The van der Waals surface area contributed by atoms with Crippen molar-refractivity contribution in [2.24, 2.45) is 7.05 Å². The van der Waals surface area contributed by atoms with Gasteiger partial charge in [-0.15, -0.1) is 11.3 Å². The van der Waals surface area contributed by atoms with Crippen LogP contribution in [0.5, 0.6) is 0 Å². The van der Waals surface area contributed by atoms with E-state index in [0.29, 0.717) is 16.7 Å². The first-order valence-corrected chi connectivity index (χ1v) is 10.2. The number of anilines is 1. The van der Waals surface area contributed by atoms with Crippen LogP contribution in [0.15, 0.2) is 18.6 Å². The molecule has 0 fully saturated rings. The van der Waals surface area contributed by atoms with E-state index in [-0.39, 0.29) is 40.8 Å². The van der Waals surface area contributed by atoms with Crippen molar-refractivity contribution in [2.75, 3.05) is 32.2 Å². The molecule has 0 bridgehead atoms. The molecule has 3 heterocycles. The zero-order valence-electron chi connectivity index (χ0n) is 17.6. The molecule has 31 heavy (non-hydrogen) atoms. The fourth-order valence-corrected chi connectivity index (χ4v) is 3.99. The van der Waals surface area contributed by atoms with Gasteiger partial charge >= 0.3 is 11.9 Å². The summed E-state index contributed by atoms with van der Waals surface area (Å²) >= 11 is 0.951. The Morgan fingerprint density at radius 1 is 1.16 bits per heavy atom. The van der Waals surface area contributed by atoms with Crippen LogP contribution >= 0.6 is 11.3 Å². The number of aromatic nitrogens is 3. The van der Waals surface area contributed by atoms with Crippen LogP contribution in [-0.4, -0.2) is 59.3 Å². The number of pyridine rings is 1. The molecule has 1 amide bonds. The summed E-state index contributed by atoms with van der Waals surface area (Å²) < 4.78 is 16.9. The zero-order valence-corrected chi connectivity index (χ0v) is 18.4. The van der Waals surface area contributed by atoms with E-state index in [9.17, 15) is 14.4 Å². The molecule has 0 aliphatic rings. The summed E-state index contributed by atoms with van der Waals surface area (Å²) in [7, 11) is 3.27. The number of hydrogen-bond donors (Lipinski definition) is 1. The number of ether oxygens (including phenoxy) is 3. The van der Waals surface area contributed by atoms with E-state index in [0.717, 1.165) is 11.3 Å². The predicted octanol–water partition coefficient (Wildman–Crippen LogP) is 2.57. The third-order valence-corrected chi connectivity index (χ3v) is 5.59. The summed E-state index contributed by atoms with van der Waals surface area (Å²) in [5.74, 6) is -1.74. The summed E-state index contributed by atoms with van der Waals surface area (Å²) in [5.41, 5.74) is 1.75.